The number of piperidine rings is 1. The van der Waals surface area contributed by atoms with Crippen LogP contribution in [0.15, 0.2) is 0 Å². The Labute approximate surface area is 136 Å². The Kier molecular flexibility index (Phi) is 5.62. The van der Waals surface area contributed by atoms with Crippen molar-refractivity contribution in [2.45, 2.75) is 32.1 Å². The van der Waals surface area contributed by atoms with Gasteiger partial charge in [0.2, 0.25) is 11.8 Å². The number of ether oxygens (including phenoxy) is 1. The van der Waals surface area contributed by atoms with Crippen molar-refractivity contribution in [3.05, 3.63) is 0 Å². The third-order valence-electron chi connectivity index (χ3n) is 5.01. The van der Waals surface area contributed by atoms with E-state index in [0.29, 0.717) is 39.0 Å². The quantitative estimate of drug-likeness (QED) is 0.740. The monoisotopic (exact) mass is 326 g/mol. The van der Waals surface area contributed by atoms with Gasteiger partial charge in [-0.15, -0.1) is 0 Å². The van der Waals surface area contributed by atoms with Gasteiger partial charge in [-0.3, -0.25) is 14.4 Å². The van der Waals surface area contributed by atoms with E-state index < -0.39 is 5.97 Å². The molecule has 0 aromatic heterocycles. The normalized spacial score (nSPS) is 20.2. The molecular formula is C16H26N2O5. The average molecular weight is 326 g/mol. The molecule has 1 heterocycles. The van der Waals surface area contributed by atoms with Crippen LogP contribution in [-0.2, 0) is 19.1 Å². The minimum absolute atomic E-state index is 0.0170. The van der Waals surface area contributed by atoms with Crippen molar-refractivity contribution in [1.82, 2.24) is 9.80 Å². The number of nitrogens with zero attached hydrogens (tertiary/aromatic N) is 2. The molecular weight excluding hydrogens is 300 g/mol. The number of hydrogen-bond donors (Lipinski definition) is 1. The summed E-state index contributed by atoms with van der Waals surface area (Å²) >= 11 is 0. The molecule has 0 unspecified atom stereocenters. The lowest BCUT2D eigenvalue weighted by molar-refractivity contribution is -0.147. The second kappa shape index (κ2) is 7.29. The molecule has 0 atom stereocenters. The van der Waals surface area contributed by atoms with Gasteiger partial charge in [-0.2, -0.15) is 0 Å². The molecule has 2 fully saturated rings. The Bertz CT molecular complexity index is 467. The maximum Gasteiger partial charge on any atom is 0.306 e. The number of carbonyl (C=O) groups is 3. The van der Waals surface area contributed by atoms with E-state index in [1.165, 1.54) is 4.90 Å². The van der Waals surface area contributed by atoms with Crippen molar-refractivity contribution in [3.8, 4) is 0 Å². The average Bonchev–Trinajstić information content (AvgIpc) is 3.33. The van der Waals surface area contributed by atoms with Crippen LogP contribution < -0.4 is 0 Å². The molecule has 1 saturated carbocycles. The molecule has 0 spiro atoms. The highest BCUT2D eigenvalue weighted by Crippen LogP contribution is 2.50. The number of carboxylic acid groups (broad SMARTS) is 1. The zero-order valence-corrected chi connectivity index (χ0v) is 13.9. The first-order chi connectivity index (χ1) is 10.9. The zero-order chi connectivity index (χ0) is 17.0. The van der Waals surface area contributed by atoms with E-state index in [4.69, 9.17) is 9.84 Å². The summed E-state index contributed by atoms with van der Waals surface area (Å²) in [7, 11) is 3.28. The highest BCUT2D eigenvalue weighted by atomic mass is 16.5. The van der Waals surface area contributed by atoms with Crippen molar-refractivity contribution in [1.29, 1.82) is 0 Å². The molecule has 0 aromatic carbocycles. The largest absolute Gasteiger partial charge is 0.481 e. The lowest BCUT2D eigenvalue weighted by Crippen LogP contribution is -2.46. The van der Waals surface area contributed by atoms with E-state index in [1.54, 1.807) is 19.1 Å². The zero-order valence-electron chi connectivity index (χ0n) is 13.9. The molecule has 2 amide bonds. The first-order valence-electron chi connectivity index (χ1n) is 8.15. The molecule has 130 valence electrons. The molecule has 2 rings (SSSR count). The first kappa shape index (κ1) is 17.7. The number of carboxylic acids is 1. The van der Waals surface area contributed by atoms with Gasteiger partial charge in [0.1, 0.15) is 0 Å². The van der Waals surface area contributed by atoms with Crippen molar-refractivity contribution < 1.29 is 24.2 Å². The number of methoxy groups -OCH3 is 1. The maximum absolute atomic E-state index is 12.5. The molecule has 0 bridgehead atoms. The minimum atomic E-state index is -0.793. The van der Waals surface area contributed by atoms with Crippen LogP contribution in [0, 0.1) is 11.3 Å². The van der Waals surface area contributed by atoms with Crippen LogP contribution in [0.5, 0.6) is 0 Å². The summed E-state index contributed by atoms with van der Waals surface area (Å²) in [6, 6.07) is 0. The number of likely N-dealkylation sites (tertiary alicyclic amines) is 1. The van der Waals surface area contributed by atoms with Gasteiger partial charge in [0.05, 0.1) is 17.9 Å². The predicted octanol–water partition coefficient (Wildman–Crippen LogP) is 0.585. The Morgan fingerprint density at radius 1 is 1.26 bits per heavy atom. The fourth-order valence-corrected chi connectivity index (χ4v) is 3.17. The van der Waals surface area contributed by atoms with Crippen molar-refractivity contribution in [2.75, 3.05) is 40.4 Å². The van der Waals surface area contributed by atoms with Gasteiger partial charge in [0.25, 0.3) is 0 Å². The summed E-state index contributed by atoms with van der Waals surface area (Å²) in [6.45, 7) is 1.51. The number of carbonyl (C=O) groups excluding carboxylic acids is 2. The van der Waals surface area contributed by atoms with Crippen molar-refractivity contribution in [2.24, 2.45) is 11.3 Å². The van der Waals surface area contributed by atoms with Crippen molar-refractivity contribution in [3.63, 3.8) is 0 Å². The third kappa shape index (κ3) is 4.22. The Morgan fingerprint density at radius 2 is 1.87 bits per heavy atom. The predicted molar refractivity (Wildman–Crippen MR) is 82.7 cm³/mol. The molecule has 1 N–H and O–H groups in total. The molecule has 23 heavy (non-hydrogen) atoms. The summed E-state index contributed by atoms with van der Waals surface area (Å²) in [5, 5.41) is 8.98. The maximum atomic E-state index is 12.5. The number of rotatable bonds is 7. The molecule has 7 nitrogen and oxygen atoms in total. The van der Waals surface area contributed by atoms with E-state index in [2.05, 4.69) is 0 Å². The topological polar surface area (TPSA) is 87.2 Å². The Balaban J connectivity index is 1.81. The Morgan fingerprint density at radius 3 is 2.35 bits per heavy atom. The van der Waals surface area contributed by atoms with Gasteiger partial charge in [0, 0.05) is 33.9 Å². The van der Waals surface area contributed by atoms with Gasteiger partial charge in [-0.1, -0.05) is 0 Å². The van der Waals surface area contributed by atoms with Crippen LogP contribution in [0.1, 0.15) is 32.1 Å². The molecule has 7 heteroatoms. The third-order valence-corrected chi connectivity index (χ3v) is 5.01. The van der Waals surface area contributed by atoms with Gasteiger partial charge in [0.15, 0.2) is 0 Å². The number of hydrogen-bond acceptors (Lipinski definition) is 4. The van der Waals surface area contributed by atoms with E-state index in [-0.39, 0.29) is 29.7 Å². The Hall–Kier alpha value is -1.63. The minimum Gasteiger partial charge on any atom is -0.481 e. The first-order valence-corrected chi connectivity index (χ1v) is 8.15. The highest BCUT2D eigenvalue weighted by Gasteiger charge is 2.50. The summed E-state index contributed by atoms with van der Waals surface area (Å²) in [6.07, 6.45) is 3.38. The van der Waals surface area contributed by atoms with Crippen LogP contribution in [0.3, 0.4) is 0 Å². The number of likely N-dealkylation sites (N-methyl/N-ethyl adjacent to an activating group) is 1. The molecule has 2 aliphatic rings. The number of amides is 2. The molecule has 1 aliphatic carbocycles. The molecule has 0 radical (unpaired) electrons. The molecule has 0 aromatic rings. The van der Waals surface area contributed by atoms with Crippen LogP contribution in [-0.4, -0.2) is 73.1 Å². The van der Waals surface area contributed by atoms with Gasteiger partial charge < -0.3 is 19.6 Å². The van der Waals surface area contributed by atoms with Crippen LogP contribution >= 0.6 is 0 Å². The van der Waals surface area contributed by atoms with Crippen LogP contribution in [0.2, 0.25) is 0 Å². The van der Waals surface area contributed by atoms with E-state index >= 15 is 0 Å². The van der Waals surface area contributed by atoms with Gasteiger partial charge in [-0.05, 0) is 32.1 Å². The van der Waals surface area contributed by atoms with E-state index in [1.807, 2.05) is 0 Å². The van der Waals surface area contributed by atoms with E-state index in [9.17, 15) is 14.4 Å². The summed E-state index contributed by atoms with van der Waals surface area (Å²) in [5.74, 6) is -1.24. The lowest BCUT2D eigenvalue weighted by atomic mass is 9.97. The second-order valence-corrected chi connectivity index (χ2v) is 6.68. The molecule has 1 aliphatic heterocycles. The summed E-state index contributed by atoms with van der Waals surface area (Å²) in [4.78, 5) is 38.9. The molecule has 1 saturated heterocycles. The van der Waals surface area contributed by atoms with Crippen LogP contribution in [0.25, 0.3) is 0 Å². The summed E-state index contributed by atoms with van der Waals surface area (Å²) in [5.41, 5.74) is -0.332. The van der Waals surface area contributed by atoms with E-state index in [0.717, 1.165) is 12.8 Å². The fraction of sp³-hybridized carbons (Fsp3) is 0.812. The van der Waals surface area contributed by atoms with Gasteiger partial charge >= 0.3 is 5.97 Å². The fourth-order valence-electron chi connectivity index (χ4n) is 3.17. The second-order valence-electron chi connectivity index (χ2n) is 6.68. The van der Waals surface area contributed by atoms with Gasteiger partial charge in [-0.25, -0.2) is 0 Å². The highest BCUT2D eigenvalue weighted by molar-refractivity contribution is 5.89. The SMILES string of the molecule is COCCC1(C(=O)N(C)CC(=O)N2CCC(C(=O)O)CC2)CC1. The van der Waals surface area contributed by atoms with Crippen LogP contribution in [0.4, 0.5) is 0 Å². The van der Waals surface area contributed by atoms with Crippen molar-refractivity contribution >= 4 is 17.8 Å². The number of aliphatic carboxylic acids is 1. The smallest absolute Gasteiger partial charge is 0.306 e. The summed E-state index contributed by atoms with van der Waals surface area (Å²) < 4.78 is 5.06. The standard InChI is InChI=1S/C16H26N2O5/c1-17(15(22)16(5-6-16)7-10-23-2)11-13(19)18-8-3-12(4-9-18)14(20)21/h12H,3-11H2,1-2H3,(H,20,21). The lowest BCUT2D eigenvalue weighted by Gasteiger charge is -2.32.